The number of hydrogen-bond donors (Lipinski definition) is 1. The summed E-state index contributed by atoms with van der Waals surface area (Å²) in [7, 11) is 0. The van der Waals surface area contributed by atoms with E-state index in [0.717, 1.165) is 24.2 Å². The first-order valence-electron chi connectivity index (χ1n) is 9.22. The van der Waals surface area contributed by atoms with Crippen LogP contribution in [0.15, 0.2) is 11.6 Å². The third-order valence-electron chi connectivity index (χ3n) is 4.58. The van der Waals surface area contributed by atoms with Crippen molar-refractivity contribution in [2.45, 2.75) is 92.4 Å². The Balaban J connectivity index is 0. The van der Waals surface area contributed by atoms with E-state index in [1.54, 1.807) is 0 Å². The fraction of sp³-hybridized carbons (Fsp3) is 0.900. The largest absolute Gasteiger partial charge is 0.392 e. The second-order valence-corrected chi connectivity index (χ2v) is 7.59. The van der Waals surface area contributed by atoms with E-state index in [4.69, 9.17) is 5.11 Å². The minimum atomic E-state index is 0. The van der Waals surface area contributed by atoms with E-state index in [1.165, 1.54) is 56.9 Å². The molecule has 0 aromatic carbocycles. The Labute approximate surface area is 147 Å². The van der Waals surface area contributed by atoms with E-state index in [1.807, 2.05) is 6.08 Å². The Morgan fingerprint density at radius 1 is 0.818 bits per heavy atom. The third kappa shape index (κ3) is 16.4. The summed E-state index contributed by atoms with van der Waals surface area (Å²) in [4.78, 5) is 0. The molecular formula is C20H42OS. The van der Waals surface area contributed by atoms with Crippen molar-refractivity contribution < 1.29 is 5.11 Å². The van der Waals surface area contributed by atoms with Gasteiger partial charge in [0.05, 0.1) is 6.61 Å². The van der Waals surface area contributed by atoms with Gasteiger partial charge in [0.1, 0.15) is 0 Å². The maximum absolute atomic E-state index is 8.83. The van der Waals surface area contributed by atoms with Crippen LogP contribution in [0.3, 0.4) is 0 Å². The van der Waals surface area contributed by atoms with Crippen LogP contribution < -0.4 is 0 Å². The molecule has 22 heavy (non-hydrogen) atoms. The number of rotatable bonds is 13. The summed E-state index contributed by atoms with van der Waals surface area (Å²) >= 11 is 0. The molecule has 0 saturated carbocycles. The quantitative estimate of drug-likeness (QED) is 0.383. The monoisotopic (exact) mass is 330 g/mol. The topological polar surface area (TPSA) is 20.2 Å². The average Bonchev–Trinajstić information content (AvgIpc) is 2.38. The number of aliphatic hydroxyl groups is 1. The first kappa shape index (κ1) is 24.3. The molecule has 134 valence electrons. The van der Waals surface area contributed by atoms with Crippen molar-refractivity contribution in [2.24, 2.45) is 17.8 Å². The second kappa shape index (κ2) is 15.9. The first-order valence-corrected chi connectivity index (χ1v) is 9.22. The minimum absolute atomic E-state index is 0. The molecule has 2 atom stereocenters. The third-order valence-corrected chi connectivity index (χ3v) is 4.58. The van der Waals surface area contributed by atoms with Crippen molar-refractivity contribution >= 4 is 13.5 Å². The van der Waals surface area contributed by atoms with Gasteiger partial charge >= 0.3 is 0 Å². The molecule has 0 heterocycles. The highest BCUT2D eigenvalue weighted by atomic mass is 32.1. The van der Waals surface area contributed by atoms with Gasteiger partial charge < -0.3 is 5.11 Å². The Bertz CT molecular complexity index is 260. The lowest BCUT2D eigenvalue weighted by Gasteiger charge is -2.15. The molecule has 1 nitrogen and oxygen atoms in total. The zero-order valence-corrected chi connectivity index (χ0v) is 16.8. The lowest BCUT2D eigenvalue weighted by Crippen LogP contribution is -2.00. The Hall–Kier alpha value is 0.0500. The summed E-state index contributed by atoms with van der Waals surface area (Å²) in [6.45, 7) is 11.8. The molecule has 1 N–H and O–H groups in total. The van der Waals surface area contributed by atoms with Gasteiger partial charge in [-0.25, -0.2) is 0 Å². The normalized spacial score (nSPS) is 14.8. The van der Waals surface area contributed by atoms with Crippen molar-refractivity contribution in [2.75, 3.05) is 6.61 Å². The van der Waals surface area contributed by atoms with Crippen LogP contribution in [0.25, 0.3) is 0 Å². The Morgan fingerprint density at radius 2 is 1.27 bits per heavy atom. The van der Waals surface area contributed by atoms with Gasteiger partial charge in [-0.1, -0.05) is 84.3 Å². The Morgan fingerprint density at radius 3 is 1.73 bits per heavy atom. The fourth-order valence-electron chi connectivity index (χ4n) is 2.97. The second-order valence-electron chi connectivity index (χ2n) is 7.59. The van der Waals surface area contributed by atoms with Crippen LogP contribution in [0, 0.1) is 17.8 Å². The minimum Gasteiger partial charge on any atom is -0.392 e. The van der Waals surface area contributed by atoms with Crippen LogP contribution in [0.1, 0.15) is 92.4 Å². The molecule has 0 aliphatic heterocycles. The summed E-state index contributed by atoms with van der Waals surface area (Å²) in [6, 6.07) is 0. The summed E-state index contributed by atoms with van der Waals surface area (Å²) in [5, 5.41) is 8.83. The van der Waals surface area contributed by atoms with Crippen LogP contribution in [-0.4, -0.2) is 11.7 Å². The summed E-state index contributed by atoms with van der Waals surface area (Å²) in [5.41, 5.74) is 1.34. The molecule has 0 aliphatic carbocycles. The van der Waals surface area contributed by atoms with Crippen molar-refractivity contribution in [3.8, 4) is 0 Å². The summed E-state index contributed by atoms with van der Waals surface area (Å²) < 4.78 is 0. The molecule has 2 heteroatoms. The van der Waals surface area contributed by atoms with Crippen molar-refractivity contribution in [1.29, 1.82) is 0 Å². The van der Waals surface area contributed by atoms with E-state index in [9.17, 15) is 0 Å². The molecule has 0 unspecified atom stereocenters. The van der Waals surface area contributed by atoms with E-state index < -0.39 is 0 Å². The molecule has 0 aromatic rings. The number of aliphatic hydroxyl groups excluding tert-OH is 1. The average molecular weight is 331 g/mol. The highest BCUT2D eigenvalue weighted by Gasteiger charge is 2.06. The fourth-order valence-corrected chi connectivity index (χ4v) is 2.97. The summed E-state index contributed by atoms with van der Waals surface area (Å²) in [5.74, 6) is 2.63. The summed E-state index contributed by atoms with van der Waals surface area (Å²) in [6.07, 6.45) is 14.1. The molecular weight excluding hydrogens is 288 g/mol. The maximum atomic E-state index is 8.83. The maximum Gasteiger partial charge on any atom is 0.0614 e. The van der Waals surface area contributed by atoms with Gasteiger partial charge in [-0.15, -0.1) is 0 Å². The number of allylic oxidation sites excluding steroid dienone is 1. The van der Waals surface area contributed by atoms with Crippen LogP contribution in [0.2, 0.25) is 0 Å². The van der Waals surface area contributed by atoms with Crippen LogP contribution in [0.4, 0.5) is 0 Å². The van der Waals surface area contributed by atoms with Gasteiger partial charge in [0.25, 0.3) is 0 Å². The van der Waals surface area contributed by atoms with E-state index >= 15 is 0 Å². The predicted molar refractivity (Wildman–Crippen MR) is 106 cm³/mol. The van der Waals surface area contributed by atoms with Gasteiger partial charge in [0.2, 0.25) is 0 Å². The lowest BCUT2D eigenvalue weighted by molar-refractivity contribution is 0.341. The highest BCUT2D eigenvalue weighted by molar-refractivity contribution is 7.59. The SMILES string of the molecule is C/C(=C\CO)CCC[C@H](C)CCC[C@H](C)CCCC(C)C.S. The van der Waals surface area contributed by atoms with Crippen LogP contribution in [0.5, 0.6) is 0 Å². The Kier molecular flexibility index (Phi) is 17.6. The van der Waals surface area contributed by atoms with Gasteiger partial charge in [0.15, 0.2) is 0 Å². The molecule has 0 radical (unpaired) electrons. The van der Waals surface area contributed by atoms with Crippen LogP contribution >= 0.6 is 13.5 Å². The zero-order valence-electron chi connectivity index (χ0n) is 15.8. The lowest BCUT2D eigenvalue weighted by atomic mass is 9.91. The molecule has 0 aromatic heterocycles. The standard InChI is InChI=1S/C20H40O.H2S/c1-17(2)9-6-10-18(3)11-7-12-19(4)13-8-14-20(5)15-16-21;/h15,17-19,21H,6-14,16H2,1-5H3;1H2/b20-15+;/t18-,19-;/m1./s1. The van der Waals surface area contributed by atoms with Crippen LogP contribution in [-0.2, 0) is 0 Å². The van der Waals surface area contributed by atoms with Gasteiger partial charge in [-0.2, -0.15) is 13.5 Å². The molecule has 0 rings (SSSR count). The number of hydrogen-bond acceptors (Lipinski definition) is 1. The van der Waals surface area contributed by atoms with Gasteiger partial charge in [-0.05, 0) is 37.5 Å². The predicted octanol–water partition coefficient (Wildman–Crippen LogP) is 6.48. The van der Waals surface area contributed by atoms with Crippen molar-refractivity contribution in [3.63, 3.8) is 0 Å². The zero-order chi connectivity index (χ0) is 16.1. The van der Waals surface area contributed by atoms with Gasteiger partial charge in [0, 0.05) is 0 Å². The molecule has 0 saturated heterocycles. The van der Waals surface area contributed by atoms with E-state index in [0.29, 0.717) is 0 Å². The highest BCUT2D eigenvalue weighted by Crippen LogP contribution is 2.21. The smallest absolute Gasteiger partial charge is 0.0614 e. The molecule has 0 aliphatic rings. The first-order chi connectivity index (χ1) is 9.95. The van der Waals surface area contributed by atoms with E-state index in [-0.39, 0.29) is 20.1 Å². The molecule has 0 fully saturated rings. The van der Waals surface area contributed by atoms with Crippen molar-refractivity contribution in [1.82, 2.24) is 0 Å². The van der Waals surface area contributed by atoms with Gasteiger partial charge in [-0.3, -0.25) is 0 Å². The molecule has 0 spiro atoms. The van der Waals surface area contributed by atoms with Crippen molar-refractivity contribution in [3.05, 3.63) is 11.6 Å². The molecule has 0 amide bonds. The van der Waals surface area contributed by atoms with E-state index in [2.05, 4.69) is 34.6 Å². The molecule has 0 bridgehead atoms.